The van der Waals surface area contributed by atoms with Crippen molar-refractivity contribution in [2.75, 3.05) is 0 Å². The zero-order chi connectivity index (χ0) is 18.1. The molecule has 2 rings (SSSR count). The molecule has 0 aliphatic rings. The third-order valence-electron chi connectivity index (χ3n) is 3.49. The van der Waals surface area contributed by atoms with Crippen LogP contribution in [-0.2, 0) is 12.4 Å². The number of benzene rings is 2. The maximum Gasteiger partial charge on any atom is 0.416 e. The first kappa shape index (κ1) is 17.8. The van der Waals surface area contributed by atoms with Crippen LogP contribution in [0.15, 0.2) is 61.7 Å². The molecule has 0 aliphatic heterocycles. The molecule has 24 heavy (non-hydrogen) atoms. The Balaban J connectivity index is 2.22. The molecule has 0 atom stereocenters. The second-order valence-corrected chi connectivity index (χ2v) is 5.11. The topological polar surface area (TPSA) is 0 Å². The summed E-state index contributed by atoms with van der Waals surface area (Å²) in [5, 5.41) is 0. The van der Waals surface area contributed by atoms with Gasteiger partial charge in [0.05, 0.1) is 11.1 Å². The minimum atomic E-state index is -4.44. The molecule has 0 nitrogen and oxygen atoms in total. The molecular formula is C18H12F6. The van der Waals surface area contributed by atoms with Gasteiger partial charge in [-0.25, -0.2) is 0 Å². The van der Waals surface area contributed by atoms with Crippen LogP contribution in [0.2, 0.25) is 0 Å². The largest absolute Gasteiger partial charge is 0.416 e. The SMILES string of the molecule is C=C(C(=C)c1ccc(C(F)(F)F)cc1)c1ccc(C(F)(F)F)cc1. The lowest BCUT2D eigenvalue weighted by molar-refractivity contribution is -0.138. The summed E-state index contributed by atoms with van der Waals surface area (Å²) in [6, 6.07) is 8.67. The van der Waals surface area contributed by atoms with E-state index in [1.54, 1.807) is 0 Å². The van der Waals surface area contributed by atoms with Gasteiger partial charge in [-0.3, -0.25) is 0 Å². The van der Waals surface area contributed by atoms with Gasteiger partial charge in [-0.05, 0) is 46.5 Å². The number of alkyl halides is 6. The summed E-state index contributed by atoms with van der Waals surface area (Å²) in [6.45, 7) is 7.52. The van der Waals surface area contributed by atoms with Crippen LogP contribution in [0.1, 0.15) is 22.3 Å². The van der Waals surface area contributed by atoms with Gasteiger partial charge >= 0.3 is 12.4 Å². The van der Waals surface area contributed by atoms with Crippen LogP contribution >= 0.6 is 0 Å². The zero-order valence-corrected chi connectivity index (χ0v) is 12.3. The summed E-state index contributed by atoms with van der Waals surface area (Å²) < 4.78 is 75.3. The second kappa shape index (κ2) is 6.19. The average Bonchev–Trinajstić information content (AvgIpc) is 2.52. The zero-order valence-electron chi connectivity index (χ0n) is 12.3. The van der Waals surface area contributed by atoms with E-state index in [0.717, 1.165) is 24.3 Å². The molecular weight excluding hydrogens is 330 g/mol. The van der Waals surface area contributed by atoms with Gasteiger partial charge in [0.15, 0.2) is 0 Å². The molecule has 2 aromatic rings. The maximum absolute atomic E-state index is 12.5. The molecule has 0 fully saturated rings. The Morgan fingerprint density at radius 2 is 0.792 bits per heavy atom. The van der Waals surface area contributed by atoms with Gasteiger partial charge in [-0.1, -0.05) is 37.4 Å². The summed E-state index contributed by atoms with van der Waals surface area (Å²) in [6.07, 6.45) is -8.88. The number of allylic oxidation sites excluding steroid dienone is 2. The van der Waals surface area contributed by atoms with Crippen LogP contribution in [0.3, 0.4) is 0 Å². The quantitative estimate of drug-likeness (QED) is 0.444. The highest BCUT2D eigenvalue weighted by molar-refractivity contribution is 6.02. The highest BCUT2D eigenvalue weighted by atomic mass is 19.4. The predicted octanol–water partition coefficient (Wildman–Crippen LogP) is 6.45. The molecule has 0 bridgehead atoms. The Hall–Kier alpha value is -2.50. The predicted molar refractivity (Wildman–Crippen MR) is 81.0 cm³/mol. The fourth-order valence-corrected chi connectivity index (χ4v) is 2.07. The van der Waals surface area contributed by atoms with E-state index < -0.39 is 23.5 Å². The number of rotatable bonds is 3. The molecule has 0 aliphatic carbocycles. The maximum atomic E-state index is 12.5. The molecule has 0 aromatic heterocycles. The van der Waals surface area contributed by atoms with Crippen LogP contribution < -0.4 is 0 Å². The molecule has 0 spiro atoms. The van der Waals surface area contributed by atoms with Crippen molar-refractivity contribution in [1.29, 1.82) is 0 Å². The van der Waals surface area contributed by atoms with Crippen LogP contribution in [-0.4, -0.2) is 0 Å². The van der Waals surface area contributed by atoms with E-state index in [1.165, 1.54) is 24.3 Å². The van der Waals surface area contributed by atoms with Gasteiger partial charge in [-0.2, -0.15) is 26.3 Å². The van der Waals surface area contributed by atoms with Crippen molar-refractivity contribution in [2.45, 2.75) is 12.4 Å². The van der Waals surface area contributed by atoms with Gasteiger partial charge in [0.2, 0.25) is 0 Å². The summed E-state index contributed by atoms with van der Waals surface area (Å²) in [4.78, 5) is 0. The van der Waals surface area contributed by atoms with Gasteiger partial charge in [0.1, 0.15) is 0 Å². The summed E-state index contributed by atoms with van der Waals surface area (Å²) >= 11 is 0. The molecule has 0 saturated carbocycles. The highest BCUT2D eigenvalue weighted by Gasteiger charge is 2.31. The van der Waals surface area contributed by atoms with E-state index in [4.69, 9.17) is 0 Å². The third-order valence-corrected chi connectivity index (χ3v) is 3.49. The number of halogens is 6. The van der Waals surface area contributed by atoms with Gasteiger partial charge in [-0.15, -0.1) is 0 Å². The first-order valence-corrected chi connectivity index (χ1v) is 6.73. The van der Waals surface area contributed by atoms with Gasteiger partial charge < -0.3 is 0 Å². The van der Waals surface area contributed by atoms with Crippen molar-refractivity contribution >= 4 is 11.1 Å². The Labute approximate surface area is 134 Å². The molecule has 126 valence electrons. The van der Waals surface area contributed by atoms with E-state index >= 15 is 0 Å². The van der Waals surface area contributed by atoms with E-state index in [0.29, 0.717) is 22.3 Å². The molecule has 0 saturated heterocycles. The molecule has 0 amide bonds. The van der Waals surface area contributed by atoms with E-state index in [2.05, 4.69) is 13.2 Å². The Kier molecular flexibility index (Phi) is 4.60. The average molecular weight is 342 g/mol. The van der Waals surface area contributed by atoms with Gasteiger partial charge in [0.25, 0.3) is 0 Å². The second-order valence-electron chi connectivity index (χ2n) is 5.11. The van der Waals surface area contributed by atoms with E-state index in [-0.39, 0.29) is 0 Å². The molecule has 0 heterocycles. The molecule has 0 unspecified atom stereocenters. The van der Waals surface area contributed by atoms with Crippen LogP contribution in [0.4, 0.5) is 26.3 Å². The number of hydrogen-bond acceptors (Lipinski definition) is 0. The van der Waals surface area contributed by atoms with Crippen LogP contribution in [0.25, 0.3) is 11.1 Å². The fourth-order valence-electron chi connectivity index (χ4n) is 2.07. The monoisotopic (exact) mass is 342 g/mol. The van der Waals surface area contributed by atoms with Crippen molar-refractivity contribution in [2.24, 2.45) is 0 Å². The van der Waals surface area contributed by atoms with Crippen molar-refractivity contribution in [3.8, 4) is 0 Å². The Morgan fingerprint density at radius 3 is 1.00 bits per heavy atom. The van der Waals surface area contributed by atoms with Crippen molar-refractivity contribution in [3.63, 3.8) is 0 Å². The van der Waals surface area contributed by atoms with Crippen LogP contribution in [0, 0.1) is 0 Å². The fraction of sp³-hybridized carbons (Fsp3) is 0.111. The lowest BCUT2D eigenvalue weighted by atomic mass is 9.94. The van der Waals surface area contributed by atoms with E-state index in [9.17, 15) is 26.3 Å². The Bertz CT molecular complexity index is 679. The molecule has 0 N–H and O–H groups in total. The molecule has 2 aromatic carbocycles. The molecule has 6 heteroatoms. The minimum Gasteiger partial charge on any atom is -0.166 e. The standard InChI is InChI=1S/C18H12F6/c1-11(13-3-7-15(8-4-13)17(19,20)21)12(2)14-5-9-16(10-6-14)18(22,23)24/h3-10H,1-2H2. The van der Waals surface area contributed by atoms with Crippen molar-refractivity contribution in [1.82, 2.24) is 0 Å². The summed E-state index contributed by atoms with van der Waals surface area (Å²) in [5.41, 5.74) is -0.0915. The minimum absolute atomic E-state index is 0.337. The van der Waals surface area contributed by atoms with Crippen LogP contribution in [0.5, 0.6) is 0 Å². The lowest BCUT2D eigenvalue weighted by Crippen LogP contribution is -2.05. The third kappa shape index (κ3) is 3.88. The summed E-state index contributed by atoms with van der Waals surface area (Å²) in [5.74, 6) is 0. The van der Waals surface area contributed by atoms with Crippen molar-refractivity contribution in [3.05, 3.63) is 83.9 Å². The first-order valence-electron chi connectivity index (χ1n) is 6.73. The first-order chi connectivity index (χ1) is 11.0. The molecule has 0 radical (unpaired) electrons. The van der Waals surface area contributed by atoms with Gasteiger partial charge in [0, 0.05) is 0 Å². The lowest BCUT2D eigenvalue weighted by Gasteiger charge is -2.13. The normalized spacial score (nSPS) is 12.1. The van der Waals surface area contributed by atoms with E-state index in [1.807, 2.05) is 0 Å². The van der Waals surface area contributed by atoms with Crippen molar-refractivity contribution < 1.29 is 26.3 Å². The number of hydrogen-bond donors (Lipinski definition) is 0. The highest BCUT2D eigenvalue weighted by Crippen LogP contribution is 2.34. The summed E-state index contributed by atoms with van der Waals surface area (Å²) in [7, 11) is 0. The smallest absolute Gasteiger partial charge is 0.166 e. The Morgan fingerprint density at radius 1 is 0.542 bits per heavy atom.